The van der Waals surface area contributed by atoms with Crippen LogP contribution >= 0.6 is 11.6 Å². The Hall–Kier alpha value is -2.98. The maximum absolute atomic E-state index is 12.7. The lowest BCUT2D eigenvalue weighted by Crippen LogP contribution is -2.14. The number of halogens is 4. The summed E-state index contributed by atoms with van der Waals surface area (Å²) in [5, 5.41) is 8.23. The summed E-state index contributed by atoms with van der Waals surface area (Å²) in [6, 6.07) is 17.4. The van der Waals surface area contributed by atoms with Gasteiger partial charge < -0.3 is 9.47 Å². The third-order valence-corrected chi connectivity index (χ3v) is 5.59. The number of benzene rings is 2. The number of para-hydroxylation sites is 1. The first-order chi connectivity index (χ1) is 14.5. The molecular weight excluding hydrogens is 431 g/mol. The summed E-state index contributed by atoms with van der Waals surface area (Å²) >= 11 is 5.32. The second-order valence-electron chi connectivity index (χ2n) is 7.77. The predicted octanol–water partition coefficient (Wildman–Crippen LogP) is 6.54. The minimum absolute atomic E-state index is 0.392. The van der Waals surface area contributed by atoms with Crippen LogP contribution in [0.1, 0.15) is 25.5 Å². The molecule has 3 rings (SSSR count). The fourth-order valence-corrected chi connectivity index (χ4v) is 3.55. The Kier molecular flexibility index (Phi) is 6.33. The van der Waals surface area contributed by atoms with Crippen LogP contribution in [-0.2, 0) is 9.53 Å². The molecule has 0 aromatic heterocycles. The van der Waals surface area contributed by atoms with Crippen molar-refractivity contribution in [3.05, 3.63) is 71.3 Å². The fraction of sp³-hybridized carbons (Fsp3) is 0.304. The number of alkyl halides is 3. The van der Waals surface area contributed by atoms with E-state index in [4.69, 9.17) is 21.1 Å². The van der Waals surface area contributed by atoms with E-state index in [1.807, 2.05) is 24.3 Å². The van der Waals surface area contributed by atoms with E-state index in [0.29, 0.717) is 17.1 Å². The average Bonchev–Trinajstić information content (AvgIpc) is 3.26. The summed E-state index contributed by atoms with van der Waals surface area (Å²) in [6.45, 7) is 3.30. The highest BCUT2D eigenvalue weighted by atomic mass is 35.5. The maximum atomic E-state index is 12.7. The molecule has 0 aliphatic heterocycles. The van der Waals surface area contributed by atoms with Crippen molar-refractivity contribution in [1.29, 1.82) is 5.26 Å². The predicted molar refractivity (Wildman–Crippen MR) is 108 cm³/mol. The Labute approximate surface area is 182 Å². The monoisotopic (exact) mass is 449 g/mol. The zero-order valence-electron chi connectivity index (χ0n) is 16.7. The van der Waals surface area contributed by atoms with E-state index < -0.39 is 40.5 Å². The Morgan fingerprint density at radius 1 is 1.16 bits per heavy atom. The molecule has 2 aromatic rings. The van der Waals surface area contributed by atoms with E-state index in [0.717, 1.165) is 6.08 Å². The van der Waals surface area contributed by atoms with Crippen molar-refractivity contribution in [2.24, 2.45) is 17.3 Å². The van der Waals surface area contributed by atoms with E-state index in [1.165, 1.54) is 0 Å². The molecule has 1 aliphatic carbocycles. The first kappa shape index (κ1) is 22.7. The number of nitrogens with zero attached hydrogens (tertiary/aromatic N) is 1. The lowest BCUT2D eigenvalue weighted by atomic mass is 10.1. The summed E-state index contributed by atoms with van der Waals surface area (Å²) < 4.78 is 49.2. The summed E-state index contributed by atoms with van der Waals surface area (Å²) in [6.07, 6.45) is -5.07. The lowest BCUT2D eigenvalue weighted by Gasteiger charge is -2.13. The maximum Gasteiger partial charge on any atom is 0.426 e. The Balaban J connectivity index is 1.72. The van der Waals surface area contributed by atoms with Gasteiger partial charge in [0.05, 0.1) is 5.92 Å². The number of ether oxygens (including phenoxy) is 2. The van der Waals surface area contributed by atoms with Gasteiger partial charge in [-0.05, 0) is 35.6 Å². The zero-order chi connectivity index (χ0) is 22.8. The molecule has 162 valence electrons. The Morgan fingerprint density at radius 2 is 1.81 bits per heavy atom. The van der Waals surface area contributed by atoms with Crippen LogP contribution in [0.25, 0.3) is 0 Å². The van der Waals surface area contributed by atoms with Gasteiger partial charge in [-0.15, -0.1) is 0 Å². The lowest BCUT2D eigenvalue weighted by molar-refractivity contribution is -0.149. The van der Waals surface area contributed by atoms with E-state index in [1.54, 1.807) is 50.2 Å². The van der Waals surface area contributed by atoms with Gasteiger partial charge in [0.2, 0.25) is 6.10 Å². The molecule has 1 saturated carbocycles. The number of rotatable bonds is 6. The minimum atomic E-state index is -4.68. The first-order valence-electron chi connectivity index (χ1n) is 9.41. The molecule has 0 heterocycles. The molecule has 8 heteroatoms. The molecule has 0 saturated heterocycles. The number of carbonyl (C=O) groups is 1. The first-order valence-corrected chi connectivity index (χ1v) is 9.79. The standard InChI is InChI=1S/C23H19ClF3NO3/c1-22(2)17(12-19(24)23(25,26)27)20(22)21(29)31-18(13-28)14-7-6-10-16(11-14)30-15-8-4-3-5-9-15/h3-12,17-18,20H,1-2H3/b19-12-/t17-,18?,20+/m0/s1. The molecule has 0 radical (unpaired) electrons. The van der Waals surface area contributed by atoms with E-state index in [-0.39, 0.29) is 0 Å². The van der Waals surface area contributed by atoms with Crippen molar-refractivity contribution < 1.29 is 27.4 Å². The van der Waals surface area contributed by atoms with Crippen LogP contribution in [0.2, 0.25) is 0 Å². The molecule has 3 atom stereocenters. The van der Waals surface area contributed by atoms with Crippen LogP contribution in [-0.4, -0.2) is 12.1 Å². The Bertz CT molecular complexity index is 1030. The molecule has 1 fully saturated rings. The Morgan fingerprint density at radius 3 is 2.42 bits per heavy atom. The molecule has 0 spiro atoms. The molecule has 2 aromatic carbocycles. The molecule has 1 aliphatic rings. The van der Waals surface area contributed by atoms with Crippen molar-refractivity contribution in [1.82, 2.24) is 0 Å². The van der Waals surface area contributed by atoms with Crippen molar-refractivity contribution in [2.45, 2.75) is 26.1 Å². The topological polar surface area (TPSA) is 59.3 Å². The van der Waals surface area contributed by atoms with Crippen molar-refractivity contribution in [3.63, 3.8) is 0 Å². The fourth-order valence-electron chi connectivity index (χ4n) is 3.42. The number of esters is 1. The van der Waals surface area contributed by atoms with Crippen molar-refractivity contribution >= 4 is 17.6 Å². The largest absolute Gasteiger partial charge is 0.457 e. The average molecular weight is 450 g/mol. The number of hydrogen-bond donors (Lipinski definition) is 0. The molecule has 0 amide bonds. The third kappa shape index (κ3) is 5.20. The second kappa shape index (κ2) is 8.64. The quantitative estimate of drug-likeness (QED) is 0.469. The van der Waals surface area contributed by atoms with Gasteiger partial charge in [-0.3, -0.25) is 4.79 Å². The minimum Gasteiger partial charge on any atom is -0.457 e. The van der Waals surface area contributed by atoms with E-state index in [2.05, 4.69) is 0 Å². The highest BCUT2D eigenvalue weighted by Crippen LogP contribution is 2.60. The third-order valence-electron chi connectivity index (χ3n) is 5.25. The van der Waals surface area contributed by atoms with Crippen LogP contribution in [0, 0.1) is 28.6 Å². The molecular formula is C23H19ClF3NO3. The second-order valence-corrected chi connectivity index (χ2v) is 8.18. The van der Waals surface area contributed by atoms with Gasteiger partial charge in [0, 0.05) is 5.56 Å². The van der Waals surface area contributed by atoms with Crippen LogP contribution in [0.15, 0.2) is 65.7 Å². The number of hydrogen-bond acceptors (Lipinski definition) is 4. The van der Waals surface area contributed by atoms with Gasteiger partial charge in [0.15, 0.2) is 0 Å². The zero-order valence-corrected chi connectivity index (χ0v) is 17.4. The van der Waals surface area contributed by atoms with Crippen molar-refractivity contribution in [2.75, 3.05) is 0 Å². The van der Waals surface area contributed by atoms with Gasteiger partial charge in [-0.2, -0.15) is 18.4 Å². The molecule has 0 N–H and O–H groups in total. The number of allylic oxidation sites excluding steroid dienone is 2. The van der Waals surface area contributed by atoms with Crippen LogP contribution < -0.4 is 4.74 Å². The molecule has 31 heavy (non-hydrogen) atoms. The number of carbonyl (C=O) groups excluding carboxylic acids is 1. The molecule has 4 nitrogen and oxygen atoms in total. The molecule has 1 unspecified atom stereocenters. The van der Waals surface area contributed by atoms with Crippen LogP contribution in [0.5, 0.6) is 11.5 Å². The highest BCUT2D eigenvalue weighted by Gasteiger charge is 2.62. The van der Waals surface area contributed by atoms with Gasteiger partial charge in [-0.1, -0.05) is 61.9 Å². The SMILES string of the molecule is CC1(C)[C@@H](/C=C(\Cl)C(F)(F)F)[C@@H]1C(=O)OC(C#N)c1cccc(Oc2ccccc2)c1. The van der Waals surface area contributed by atoms with Gasteiger partial charge in [0.25, 0.3) is 0 Å². The van der Waals surface area contributed by atoms with E-state index >= 15 is 0 Å². The van der Waals surface area contributed by atoms with Crippen LogP contribution in [0.3, 0.4) is 0 Å². The molecule has 0 bridgehead atoms. The summed E-state index contributed by atoms with van der Waals surface area (Å²) in [5.74, 6) is -1.27. The summed E-state index contributed by atoms with van der Waals surface area (Å²) in [4.78, 5) is 12.6. The number of nitriles is 1. The normalized spacial score (nSPS) is 21.0. The van der Waals surface area contributed by atoms with Gasteiger partial charge in [0.1, 0.15) is 22.6 Å². The van der Waals surface area contributed by atoms with Crippen molar-refractivity contribution in [3.8, 4) is 17.6 Å². The summed E-state index contributed by atoms with van der Waals surface area (Å²) in [7, 11) is 0. The van der Waals surface area contributed by atoms with Gasteiger partial charge in [-0.25, -0.2) is 0 Å². The smallest absolute Gasteiger partial charge is 0.426 e. The highest BCUT2D eigenvalue weighted by molar-refractivity contribution is 6.30. The van der Waals surface area contributed by atoms with E-state index in [9.17, 15) is 23.2 Å². The van der Waals surface area contributed by atoms with Crippen LogP contribution in [0.4, 0.5) is 13.2 Å². The summed E-state index contributed by atoms with van der Waals surface area (Å²) in [5.41, 5.74) is -0.371. The van der Waals surface area contributed by atoms with Gasteiger partial charge >= 0.3 is 12.1 Å².